The second-order valence-corrected chi connectivity index (χ2v) is 7.16. The Bertz CT molecular complexity index is 906. The van der Waals surface area contributed by atoms with E-state index in [1.807, 2.05) is 18.4 Å². The molecule has 1 fully saturated rings. The van der Waals surface area contributed by atoms with E-state index in [2.05, 4.69) is 37.6 Å². The molecule has 0 bridgehead atoms. The summed E-state index contributed by atoms with van der Waals surface area (Å²) in [5.74, 6) is 1.38. The molecule has 2 aromatic heterocycles. The van der Waals surface area contributed by atoms with Crippen LogP contribution in [0.2, 0.25) is 0 Å². The maximum Gasteiger partial charge on any atom is 0.146 e. The van der Waals surface area contributed by atoms with E-state index in [0.717, 1.165) is 34.5 Å². The van der Waals surface area contributed by atoms with Gasteiger partial charge in [-0.3, -0.25) is 4.72 Å². The lowest BCUT2D eigenvalue weighted by molar-refractivity contribution is 0.320. The van der Waals surface area contributed by atoms with Crippen molar-refractivity contribution >= 4 is 28.8 Å². The van der Waals surface area contributed by atoms with E-state index in [1.165, 1.54) is 19.3 Å². The van der Waals surface area contributed by atoms with Gasteiger partial charge < -0.3 is 15.0 Å². The van der Waals surface area contributed by atoms with Crippen LogP contribution in [0, 0.1) is 0 Å². The van der Waals surface area contributed by atoms with Gasteiger partial charge in [0.05, 0.1) is 5.39 Å². The number of fused-ring (bicyclic) bond motifs is 1. The molecule has 136 valence electrons. The Morgan fingerprint density at radius 2 is 2.23 bits per heavy atom. The van der Waals surface area contributed by atoms with Gasteiger partial charge in [-0.2, -0.15) is 0 Å². The fourth-order valence-electron chi connectivity index (χ4n) is 3.34. The minimum absolute atomic E-state index is 0.512. The van der Waals surface area contributed by atoms with Crippen LogP contribution in [0.4, 0.5) is 5.82 Å². The van der Waals surface area contributed by atoms with Crippen LogP contribution in [0.3, 0.4) is 0 Å². The molecule has 0 atom stereocenters. The first-order valence-electron chi connectivity index (χ1n) is 8.88. The Morgan fingerprint density at radius 3 is 3.00 bits per heavy atom. The lowest BCUT2D eigenvalue weighted by atomic mass is 9.93. The maximum absolute atomic E-state index is 6.21. The second-order valence-electron chi connectivity index (χ2n) is 6.47. The first kappa shape index (κ1) is 17.2. The molecule has 0 unspecified atom stereocenters. The van der Waals surface area contributed by atoms with Crippen molar-refractivity contribution in [3.8, 4) is 16.9 Å². The fraction of sp³-hybridized carbons (Fsp3) is 0.368. The predicted molar refractivity (Wildman–Crippen MR) is 107 cm³/mol. The van der Waals surface area contributed by atoms with Crippen LogP contribution in [0.25, 0.3) is 22.2 Å². The number of rotatable bonds is 7. The van der Waals surface area contributed by atoms with E-state index in [-0.39, 0.29) is 0 Å². The standard InChI is InChI=1S/C19H23N5OS/c1-26-23-8-9-25-15-7-2-4-13(10-15)16-11-24(14-5-3-6-14)19-17(16)18(20)21-12-22-19/h2,4,7,10-12,14,23H,3,5-6,8-9H2,1H3,(H2,20,21,22). The van der Waals surface area contributed by atoms with Crippen LogP contribution in [-0.2, 0) is 0 Å². The third-order valence-corrected chi connectivity index (χ3v) is 5.36. The Hall–Kier alpha value is -2.25. The average Bonchev–Trinajstić information content (AvgIpc) is 2.98. The van der Waals surface area contributed by atoms with Gasteiger partial charge in [0.15, 0.2) is 0 Å². The number of nitrogens with zero attached hydrogens (tertiary/aromatic N) is 3. The molecule has 3 aromatic rings. The number of hydrogen-bond acceptors (Lipinski definition) is 6. The molecular weight excluding hydrogens is 346 g/mol. The largest absolute Gasteiger partial charge is 0.492 e. The predicted octanol–water partition coefficient (Wildman–Crippen LogP) is 3.65. The van der Waals surface area contributed by atoms with Gasteiger partial charge in [0.1, 0.15) is 30.1 Å². The molecule has 2 heterocycles. The summed E-state index contributed by atoms with van der Waals surface area (Å²) in [7, 11) is 0. The molecule has 1 aromatic carbocycles. The summed E-state index contributed by atoms with van der Waals surface area (Å²) in [5.41, 5.74) is 9.28. The van der Waals surface area contributed by atoms with Crippen LogP contribution >= 0.6 is 11.9 Å². The smallest absolute Gasteiger partial charge is 0.146 e. The van der Waals surface area contributed by atoms with Crippen molar-refractivity contribution in [2.45, 2.75) is 25.3 Å². The van der Waals surface area contributed by atoms with E-state index in [4.69, 9.17) is 10.5 Å². The molecule has 0 aliphatic heterocycles. The molecule has 26 heavy (non-hydrogen) atoms. The van der Waals surface area contributed by atoms with Crippen molar-refractivity contribution in [2.75, 3.05) is 25.1 Å². The molecule has 4 rings (SSSR count). The van der Waals surface area contributed by atoms with Gasteiger partial charge in [-0.25, -0.2) is 9.97 Å². The molecule has 1 aliphatic rings. The number of ether oxygens (including phenoxy) is 1. The zero-order chi connectivity index (χ0) is 17.9. The molecular formula is C19H23N5OS. The fourth-order valence-corrected chi connectivity index (χ4v) is 3.62. The van der Waals surface area contributed by atoms with Crippen LogP contribution in [0.15, 0.2) is 36.8 Å². The minimum Gasteiger partial charge on any atom is -0.492 e. The van der Waals surface area contributed by atoms with Gasteiger partial charge in [-0.1, -0.05) is 24.1 Å². The number of aromatic nitrogens is 3. The molecule has 0 saturated heterocycles. The normalized spacial score (nSPS) is 14.5. The van der Waals surface area contributed by atoms with Crippen LogP contribution in [0.1, 0.15) is 25.3 Å². The van der Waals surface area contributed by atoms with Gasteiger partial charge in [-0.15, -0.1) is 0 Å². The van der Waals surface area contributed by atoms with Gasteiger partial charge in [-0.05, 0) is 43.2 Å². The van der Waals surface area contributed by atoms with Gasteiger partial charge in [0.25, 0.3) is 0 Å². The lowest BCUT2D eigenvalue weighted by Crippen LogP contribution is -2.16. The molecule has 7 heteroatoms. The van der Waals surface area contributed by atoms with E-state index in [1.54, 1.807) is 18.3 Å². The van der Waals surface area contributed by atoms with Crippen molar-refractivity contribution in [1.82, 2.24) is 19.3 Å². The van der Waals surface area contributed by atoms with E-state index < -0.39 is 0 Å². The third-order valence-electron chi connectivity index (χ3n) is 4.87. The van der Waals surface area contributed by atoms with Crippen LogP contribution < -0.4 is 15.2 Å². The highest BCUT2D eigenvalue weighted by Gasteiger charge is 2.24. The summed E-state index contributed by atoms with van der Waals surface area (Å²) in [6.45, 7) is 1.42. The van der Waals surface area contributed by atoms with E-state index >= 15 is 0 Å². The van der Waals surface area contributed by atoms with Crippen LogP contribution in [-0.4, -0.2) is 33.9 Å². The molecule has 1 aliphatic carbocycles. The lowest BCUT2D eigenvalue weighted by Gasteiger charge is -2.27. The number of nitrogen functional groups attached to an aromatic ring is 1. The minimum atomic E-state index is 0.512. The number of anilines is 1. The highest BCUT2D eigenvalue weighted by atomic mass is 32.2. The molecule has 3 N–H and O–H groups in total. The Kier molecular flexibility index (Phi) is 4.99. The van der Waals surface area contributed by atoms with Crippen molar-refractivity contribution in [2.24, 2.45) is 0 Å². The first-order chi connectivity index (χ1) is 12.8. The van der Waals surface area contributed by atoms with Crippen molar-refractivity contribution in [1.29, 1.82) is 0 Å². The van der Waals surface area contributed by atoms with E-state index in [9.17, 15) is 0 Å². The van der Waals surface area contributed by atoms with Gasteiger partial charge >= 0.3 is 0 Å². The summed E-state index contributed by atoms with van der Waals surface area (Å²) < 4.78 is 11.3. The van der Waals surface area contributed by atoms with Crippen molar-refractivity contribution < 1.29 is 4.74 Å². The SMILES string of the molecule is CSNCCOc1cccc(-c2cn(C3CCC3)c3ncnc(N)c23)c1. The number of benzene rings is 1. The molecule has 0 spiro atoms. The summed E-state index contributed by atoms with van der Waals surface area (Å²) in [6, 6.07) is 8.65. The number of hydrogen-bond donors (Lipinski definition) is 2. The highest BCUT2D eigenvalue weighted by molar-refractivity contribution is 7.96. The zero-order valence-corrected chi connectivity index (χ0v) is 15.6. The van der Waals surface area contributed by atoms with Gasteiger partial charge in [0.2, 0.25) is 0 Å². The Balaban J connectivity index is 1.70. The topological polar surface area (TPSA) is 78.0 Å². The van der Waals surface area contributed by atoms with Crippen molar-refractivity contribution in [3.63, 3.8) is 0 Å². The second kappa shape index (κ2) is 7.55. The molecule has 6 nitrogen and oxygen atoms in total. The summed E-state index contributed by atoms with van der Waals surface area (Å²) in [6.07, 6.45) is 9.39. The number of nitrogens with one attached hydrogen (secondary N) is 1. The van der Waals surface area contributed by atoms with Crippen molar-refractivity contribution in [3.05, 3.63) is 36.8 Å². The number of nitrogens with two attached hydrogens (primary N) is 1. The average molecular weight is 369 g/mol. The van der Waals surface area contributed by atoms with Crippen LogP contribution in [0.5, 0.6) is 5.75 Å². The summed E-state index contributed by atoms with van der Waals surface area (Å²) in [4.78, 5) is 8.73. The highest BCUT2D eigenvalue weighted by Crippen LogP contribution is 2.40. The summed E-state index contributed by atoms with van der Waals surface area (Å²) >= 11 is 1.59. The van der Waals surface area contributed by atoms with Gasteiger partial charge in [0, 0.05) is 24.3 Å². The first-order valence-corrected chi connectivity index (χ1v) is 10.1. The Morgan fingerprint density at radius 1 is 1.35 bits per heavy atom. The Labute approximate surface area is 157 Å². The zero-order valence-electron chi connectivity index (χ0n) is 14.8. The maximum atomic E-state index is 6.21. The quantitative estimate of drug-likeness (QED) is 0.489. The molecule has 0 radical (unpaired) electrons. The summed E-state index contributed by atoms with van der Waals surface area (Å²) in [5, 5.41) is 0.931. The molecule has 1 saturated carbocycles. The third kappa shape index (κ3) is 3.24. The monoisotopic (exact) mass is 369 g/mol. The molecule has 0 amide bonds. The van der Waals surface area contributed by atoms with E-state index in [0.29, 0.717) is 18.5 Å².